The Balaban J connectivity index is 1.87. The molecule has 0 fully saturated rings. The number of amides is 1. The minimum absolute atomic E-state index is 0.173. The molecule has 0 saturated heterocycles. The average Bonchev–Trinajstić information content (AvgIpc) is 2.87. The summed E-state index contributed by atoms with van der Waals surface area (Å²) in [5, 5.41) is 17.5. The van der Waals surface area contributed by atoms with E-state index < -0.39 is 0 Å². The molecule has 0 unspecified atom stereocenters. The number of anilines is 1. The molecule has 0 radical (unpaired) electrons. The number of nitrogens with zero attached hydrogens (tertiary/aromatic N) is 4. The van der Waals surface area contributed by atoms with Crippen molar-refractivity contribution in [2.75, 3.05) is 5.32 Å². The van der Waals surface area contributed by atoms with E-state index in [4.69, 9.17) is 0 Å². The van der Waals surface area contributed by atoms with E-state index in [0.29, 0.717) is 5.56 Å². The van der Waals surface area contributed by atoms with Crippen molar-refractivity contribution in [1.82, 2.24) is 25.4 Å². The third kappa shape index (κ3) is 1.88. The normalized spacial score (nSPS) is 10.4. The number of benzene rings is 1. The van der Waals surface area contributed by atoms with Crippen LogP contribution in [0.2, 0.25) is 0 Å². The summed E-state index contributed by atoms with van der Waals surface area (Å²) in [7, 11) is 0. The Morgan fingerprint density at radius 1 is 1.28 bits per heavy atom. The van der Waals surface area contributed by atoms with Gasteiger partial charge in [-0.1, -0.05) is 6.07 Å². The van der Waals surface area contributed by atoms with Crippen molar-refractivity contribution >= 4 is 22.8 Å². The molecule has 0 aliphatic carbocycles. The van der Waals surface area contributed by atoms with E-state index >= 15 is 0 Å². The Hall–Kier alpha value is -2.83. The van der Waals surface area contributed by atoms with Crippen LogP contribution in [0.3, 0.4) is 0 Å². The van der Waals surface area contributed by atoms with Crippen LogP contribution in [-0.2, 0) is 0 Å². The Kier molecular flexibility index (Phi) is 2.41. The van der Waals surface area contributed by atoms with Gasteiger partial charge in [0.05, 0.1) is 24.1 Å². The Morgan fingerprint density at radius 2 is 2.22 bits per heavy atom. The number of aromatic nitrogens is 5. The summed E-state index contributed by atoms with van der Waals surface area (Å²) in [6.07, 6.45) is 4.59. The van der Waals surface area contributed by atoms with Crippen molar-refractivity contribution in [3.8, 4) is 0 Å². The molecule has 1 aromatic carbocycles. The van der Waals surface area contributed by atoms with Crippen molar-refractivity contribution in [3.05, 3.63) is 42.4 Å². The number of nitrogens with one attached hydrogen (secondary N) is 2. The number of hydrogen-bond acceptors (Lipinski definition) is 5. The van der Waals surface area contributed by atoms with Gasteiger partial charge in [-0.15, -0.1) is 5.10 Å². The van der Waals surface area contributed by atoms with Gasteiger partial charge in [-0.2, -0.15) is 10.2 Å². The molecule has 0 saturated carbocycles. The van der Waals surface area contributed by atoms with E-state index in [1.807, 2.05) is 6.07 Å². The number of hydrogen-bond donors (Lipinski definition) is 2. The summed E-state index contributed by atoms with van der Waals surface area (Å²) in [5.74, 6) is -0.119. The van der Waals surface area contributed by atoms with Gasteiger partial charge in [0.2, 0.25) is 5.95 Å². The van der Waals surface area contributed by atoms with E-state index in [0.717, 1.165) is 10.9 Å². The van der Waals surface area contributed by atoms with Gasteiger partial charge in [-0.25, -0.2) is 4.98 Å². The summed E-state index contributed by atoms with van der Waals surface area (Å²) in [5.41, 5.74) is 1.30. The molecule has 0 bridgehead atoms. The van der Waals surface area contributed by atoms with Crippen LogP contribution < -0.4 is 5.32 Å². The fraction of sp³-hybridized carbons (Fsp3) is 0. The topological polar surface area (TPSA) is 96.5 Å². The highest BCUT2D eigenvalue weighted by molar-refractivity contribution is 6.05. The largest absolute Gasteiger partial charge is 0.289 e. The molecule has 1 amide bonds. The van der Waals surface area contributed by atoms with Gasteiger partial charge in [0, 0.05) is 10.9 Å². The van der Waals surface area contributed by atoms with Crippen molar-refractivity contribution in [2.24, 2.45) is 0 Å². The molecule has 0 aliphatic heterocycles. The lowest BCUT2D eigenvalue weighted by atomic mass is 10.1. The maximum atomic E-state index is 11.9. The van der Waals surface area contributed by atoms with Crippen molar-refractivity contribution in [3.63, 3.8) is 0 Å². The predicted octanol–water partition coefficient (Wildman–Crippen LogP) is 1.00. The number of rotatable bonds is 2. The van der Waals surface area contributed by atoms with E-state index in [2.05, 4.69) is 30.7 Å². The lowest BCUT2D eigenvalue weighted by molar-refractivity contribution is 0.102. The second-order valence-corrected chi connectivity index (χ2v) is 3.59. The minimum atomic E-state index is -0.292. The molecule has 2 heterocycles. The lowest BCUT2D eigenvalue weighted by Gasteiger charge is -2.02. The van der Waals surface area contributed by atoms with Crippen molar-refractivity contribution in [2.45, 2.75) is 0 Å². The number of carbonyl (C=O) groups is 1. The van der Waals surface area contributed by atoms with Crippen LogP contribution >= 0.6 is 0 Å². The van der Waals surface area contributed by atoms with Crippen LogP contribution in [0, 0.1) is 0 Å². The molecule has 0 atom stereocenters. The maximum absolute atomic E-state index is 11.9. The minimum Gasteiger partial charge on any atom is -0.289 e. The first-order valence-corrected chi connectivity index (χ1v) is 5.21. The molecular weight excluding hydrogens is 232 g/mol. The van der Waals surface area contributed by atoms with Gasteiger partial charge in [-0.05, 0) is 12.1 Å². The van der Waals surface area contributed by atoms with Crippen LogP contribution in [0.15, 0.2) is 36.8 Å². The lowest BCUT2D eigenvalue weighted by Crippen LogP contribution is -2.14. The summed E-state index contributed by atoms with van der Waals surface area (Å²) < 4.78 is 0. The van der Waals surface area contributed by atoms with Crippen LogP contribution in [0.25, 0.3) is 10.9 Å². The SMILES string of the molecule is O=C(Nc1nccnn1)c1ccc2cn[nH]c2c1. The Bertz CT molecular complexity index is 693. The summed E-state index contributed by atoms with van der Waals surface area (Å²) in [6, 6.07) is 5.25. The first-order valence-electron chi connectivity index (χ1n) is 5.21. The summed E-state index contributed by atoms with van der Waals surface area (Å²) in [6.45, 7) is 0. The molecule has 0 aliphatic rings. The zero-order chi connectivity index (χ0) is 12.4. The van der Waals surface area contributed by atoms with Crippen LogP contribution in [0.1, 0.15) is 10.4 Å². The molecule has 7 heteroatoms. The quantitative estimate of drug-likeness (QED) is 0.696. The van der Waals surface area contributed by atoms with Gasteiger partial charge in [0.25, 0.3) is 5.91 Å². The summed E-state index contributed by atoms with van der Waals surface area (Å²) >= 11 is 0. The van der Waals surface area contributed by atoms with Crippen molar-refractivity contribution < 1.29 is 4.79 Å². The van der Waals surface area contributed by atoms with E-state index in [-0.39, 0.29) is 11.9 Å². The zero-order valence-corrected chi connectivity index (χ0v) is 9.16. The highest BCUT2D eigenvalue weighted by Crippen LogP contribution is 2.13. The standard InChI is InChI=1S/C11H8N6O/c18-10(15-11-12-3-4-13-17-11)7-1-2-8-6-14-16-9(8)5-7/h1-6H,(H,14,16)(H,12,15,17,18). The predicted molar refractivity (Wildman–Crippen MR) is 63.9 cm³/mol. The molecule has 7 nitrogen and oxygen atoms in total. The van der Waals surface area contributed by atoms with Crippen LogP contribution in [0.4, 0.5) is 5.95 Å². The molecule has 2 N–H and O–H groups in total. The molecule has 0 spiro atoms. The second-order valence-electron chi connectivity index (χ2n) is 3.59. The maximum Gasteiger partial charge on any atom is 0.258 e. The molecular formula is C11H8N6O. The molecule has 18 heavy (non-hydrogen) atoms. The van der Waals surface area contributed by atoms with Gasteiger partial charge in [-0.3, -0.25) is 15.2 Å². The van der Waals surface area contributed by atoms with E-state index in [1.54, 1.807) is 18.3 Å². The highest BCUT2D eigenvalue weighted by atomic mass is 16.1. The van der Waals surface area contributed by atoms with Gasteiger partial charge < -0.3 is 0 Å². The number of H-pyrrole nitrogens is 1. The van der Waals surface area contributed by atoms with E-state index in [1.165, 1.54) is 12.4 Å². The van der Waals surface area contributed by atoms with Crippen LogP contribution in [-0.4, -0.2) is 31.3 Å². The highest BCUT2D eigenvalue weighted by Gasteiger charge is 2.08. The smallest absolute Gasteiger partial charge is 0.258 e. The Morgan fingerprint density at radius 3 is 3.06 bits per heavy atom. The molecule has 88 valence electrons. The fourth-order valence-electron chi connectivity index (χ4n) is 1.56. The third-order valence-electron chi connectivity index (χ3n) is 2.41. The first-order chi connectivity index (χ1) is 8.83. The van der Waals surface area contributed by atoms with Gasteiger partial charge in [0.1, 0.15) is 0 Å². The van der Waals surface area contributed by atoms with Crippen molar-refractivity contribution in [1.29, 1.82) is 0 Å². The average molecular weight is 240 g/mol. The van der Waals surface area contributed by atoms with Crippen LogP contribution in [0.5, 0.6) is 0 Å². The van der Waals surface area contributed by atoms with E-state index in [9.17, 15) is 4.79 Å². The number of carbonyl (C=O) groups excluding carboxylic acids is 1. The second kappa shape index (κ2) is 4.21. The molecule has 3 rings (SSSR count). The summed E-state index contributed by atoms with van der Waals surface area (Å²) in [4.78, 5) is 15.8. The third-order valence-corrected chi connectivity index (χ3v) is 2.41. The molecule has 2 aromatic heterocycles. The zero-order valence-electron chi connectivity index (χ0n) is 9.16. The number of fused-ring (bicyclic) bond motifs is 1. The monoisotopic (exact) mass is 240 g/mol. The Labute approximate surface area is 101 Å². The van der Waals surface area contributed by atoms with Gasteiger partial charge >= 0.3 is 0 Å². The first kappa shape index (κ1) is 10.3. The fourth-order valence-corrected chi connectivity index (χ4v) is 1.56. The number of aromatic amines is 1. The van der Waals surface area contributed by atoms with Gasteiger partial charge in [0.15, 0.2) is 0 Å². The molecule has 3 aromatic rings.